The number of benzene rings is 3. The van der Waals surface area contributed by atoms with Crippen molar-refractivity contribution in [3.8, 4) is 16.9 Å². The summed E-state index contributed by atoms with van der Waals surface area (Å²) >= 11 is 0. The van der Waals surface area contributed by atoms with Gasteiger partial charge in [0, 0.05) is 44.4 Å². The topological polar surface area (TPSA) is 107 Å². The largest absolute Gasteiger partial charge is 0.573 e. The molecule has 0 N–H and O–H groups in total. The van der Waals surface area contributed by atoms with E-state index in [1.54, 1.807) is 35.4 Å². The van der Waals surface area contributed by atoms with Crippen molar-refractivity contribution in [1.82, 2.24) is 24.3 Å². The molecule has 6 rings (SSSR count). The van der Waals surface area contributed by atoms with E-state index in [2.05, 4.69) is 14.7 Å². The van der Waals surface area contributed by atoms with Gasteiger partial charge < -0.3 is 18.9 Å². The average Bonchev–Trinajstić information content (AvgIpc) is 3.17. The minimum atomic E-state index is -4.80. The Labute approximate surface area is 332 Å². The number of likely N-dealkylation sites (tertiary alicyclic amines) is 1. The Bertz CT molecular complexity index is 2300. The maximum Gasteiger partial charge on any atom is 0.573 e. The van der Waals surface area contributed by atoms with Crippen LogP contribution in [-0.4, -0.2) is 73.3 Å². The molecule has 0 radical (unpaired) electrons. The number of nitrogens with zero attached hydrogens (tertiary/aromatic N) is 5. The van der Waals surface area contributed by atoms with E-state index in [-0.39, 0.29) is 78.1 Å². The number of rotatable bonds is 13. The maximum absolute atomic E-state index is 14.7. The number of carbonyl (C=O) groups excluding carboxylic acids is 2. The fourth-order valence-electron chi connectivity index (χ4n) is 7.19. The van der Waals surface area contributed by atoms with Crippen LogP contribution in [0.1, 0.15) is 57.5 Å². The number of aryl methyl sites for hydroxylation is 2. The van der Waals surface area contributed by atoms with Crippen molar-refractivity contribution >= 4 is 22.9 Å². The Balaban J connectivity index is 1.29. The molecule has 15 heteroatoms. The van der Waals surface area contributed by atoms with Gasteiger partial charge in [-0.1, -0.05) is 42.5 Å². The van der Waals surface area contributed by atoms with E-state index in [4.69, 9.17) is 4.74 Å². The summed E-state index contributed by atoms with van der Waals surface area (Å²) in [6, 6.07) is 19.0. The minimum Gasteiger partial charge on any atom is -0.462 e. The van der Waals surface area contributed by atoms with Gasteiger partial charge in [-0.05, 0) is 99.5 Å². The zero-order valence-electron chi connectivity index (χ0n) is 32.6. The minimum absolute atomic E-state index is 0.0578. The standard InChI is InChI=1S/C43H44F5N5O5/c1-27(2)57-41(56)42(3,4)51-22-19-33(20-23-51)52(25-28-7-9-29(10-8-28)30-12-16-34(17-13-30)58-43(46,47)48)38(54)26-53-37(18-14-31-11-15-32(44)24-36(31)45)50-40(55)35-6-5-21-49-39(35)53/h5-13,15-17,21,24,27,33H,14,18-20,22-23,25-26H2,1-4H3. The molecule has 10 nitrogen and oxygen atoms in total. The van der Waals surface area contributed by atoms with Crippen LogP contribution < -0.4 is 10.3 Å². The number of amides is 1. The first kappa shape index (κ1) is 41.9. The first-order valence-corrected chi connectivity index (χ1v) is 19.0. The molecule has 0 saturated carbocycles. The van der Waals surface area contributed by atoms with E-state index in [1.807, 2.05) is 43.0 Å². The molecular formula is C43H44F5N5O5. The van der Waals surface area contributed by atoms with E-state index >= 15 is 0 Å². The highest BCUT2D eigenvalue weighted by Gasteiger charge is 2.40. The quantitative estimate of drug-likeness (QED) is 0.0884. The highest BCUT2D eigenvalue weighted by atomic mass is 19.4. The third-order valence-corrected chi connectivity index (χ3v) is 10.3. The van der Waals surface area contributed by atoms with Gasteiger partial charge in [0.2, 0.25) is 5.91 Å². The molecule has 306 valence electrons. The molecule has 1 aliphatic rings. The molecule has 0 aliphatic carbocycles. The van der Waals surface area contributed by atoms with Gasteiger partial charge >= 0.3 is 12.3 Å². The van der Waals surface area contributed by atoms with Gasteiger partial charge in [-0.15, -0.1) is 13.2 Å². The lowest BCUT2D eigenvalue weighted by atomic mass is 9.95. The molecule has 3 aromatic carbocycles. The van der Waals surface area contributed by atoms with Gasteiger partial charge in [0.05, 0.1) is 11.5 Å². The van der Waals surface area contributed by atoms with E-state index < -0.39 is 29.1 Å². The number of piperidine rings is 1. The fourth-order valence-corrected chi connectivity index (χ4v) is 7.19. The van der Waals surface area contributed by atoms with E-state index in [0.29, 0.717) is 31.5 Å². The first-order valence-electron chi connectivity index (χ1n) is 19.0. The summed E-state index contributed by atoms with van der Waals surface area (Å²) in [6.45, 7) is 8.17. The molecule has 2 aromatic heterocycles. The van der Waals surface area contributed by atoms with Gasteiger partial charge in [0.1, 0.15) is 40.9 Å². The fraction of sp³-hybridized carbons (Fsp3) is 0.372. The Kier molecular flexibility index (Phi) is 12.6. The van der Waals surface area contributed by atoms with Crippen molar-refractivity contribution in [1.29, 1.82) is 0 Å². The second kappa shape index (κ2) is 17.4. The first-order chi connectivity index (χ1) is 27.5. The molecule has 5 aromatic rings. The normalized spacial score (nSPS) is 14.2. The number of pyridine rings is 1. The molecule has 1 aliphatic heterocycles. The molecule has 3 heterocycles. The summed E-state index contributed by atoms with van der Waals surface area (Å²) in [5, 5.41) is 0.205. The van der Waals surface area contributed by atoms with Crippen LogP contribution in [0.2, 0.25) is 0 Å². The Hall–Kier alpha value is -5.70. The van der Waals surface area contributed by atoms with Crippen LogP contribution in [0.4, 0.5) is 22.0 Å². The number of hydrogen-bond acceptors (Lipinski definition) is 8. The number of hydrogen-bond donors (Lipinski definition) is 0. The predicted octanol–water partition coefficient (Wildman–Crippen LogP) is 7.64. The molecule has 0 unspecified atom stereocenters. The van der Waals surface area contributed by atoms with Gasteiger partial charge in [0.25, 0.3) is 5.56 Å². The number of carbonyl (C=O) groups is 2. The van der Waals surface area contributed by atoms with Crippen LogP contribution in [0.25, 0.3) is 22.2 Å². The third kappa shape index (κ3) is 10.0. The lowest BCUT2D eigenvalue weighted by molar-refractivity contribution is -0.274. The number of alkyl halides is 3. The zero-order valence-corrected chi connectivity index (χ0v) is 32.6. The number of halogens is 5. The van der Waals surface area contributed by atoms with E-state index in [1.165, 1.54) is 36.5 Å². The molecule has 1 amide bonds. The smallest absolute Gasteiger partial charge is 0.462 e. The highest BCUT2D eigenvalue weighted by Crippen LogP contribution is 2.29. The van der Waals surface area contributed by atoms with Crippen LogP contribution in [0.15, 0.2) is 89.9 Å². The van der Waals surface area contributed by atoms with Crippen LogP contribution in [0.3, 0.4) is 0 Å². The van der Waals surface area contributed by atoms with Gasteiger partial charge in [-0.3, -0.25) is 19.3 Å². The lowest BCUT2D eigenvalue weighted by Crippen LogP contribution is -2.57. The molecule has 58 heavy (non-hydrogen) atoms. The zero-order chi connectivity index (χ0) is 41.8. The Morgan fingerprint density at radius 1 is 0.914 bits per heavy atom. The second-order valence-corrected chi connectivity index (χ2v) is 15.1. The van der Waals surface area contributed by atoms with Gasteiger partial charge in [0.15, 0.2) is 0 Å². The van der Waals surface area contributed by atoms with Crippen molar-refractivity contribution in [2.75, 3.05) is 13.1 Å². The molecule has 0 spiro atoms. The van der Waals surface area contributed by atoms with Crippen molar-refractivity contribution in [2.45, 2.75) is 90.5 Å². The monoisotopic (exact) mass is 805 g/mol. The summed E-state index contributed by atoms with van der Waals surface area (Å²) in [5.41, 5.74) is 1.19. The van der Waals surface area contributed by atoms with Crippen LogP contribution in [-0.2, 0) is 40.3 Å². The van der Waals surface area contributed by atoms with Crippen molar-refractivity contribution in [2.24, 2.45) is 0 Å². The van der Waals surface area contributed by atoms with E-state index in [0.717, 1.165) is 23.3 Å². The van der Waals surface area contributed by atoms with Crippen molar-refractivity contribution in [3.63, 3.8) is 0 Å². The lowest BCUT2D eigenvalue weighted by Gasteiger charge is -2.44. The maximum atomic E-state index is 14.7. The predicted molar refractivity (Wildman–Crippen MR) is 207 cm³/mol. The number of ether oxygens (including phenoxy) is 2. The number of esters is 1. The highest BCUT2D eigenvalue weighted by molar-refractivity contribution is 5.81. The average molecular weight is 806 g/mol. The summed E-state index contributed by atoms with van der Waals surface area (Å²) in [6.07, 6.45) is -2.38. The second-order valence-electron chi connectivity index (χ2n) is 15.1. The van der Waals surface area contributed by atoms with Gasteiger partial charge in [-0.25, -0.2) is 13.8 Å². The Morgan fingerprint density at radius 2 is 1.57 bits per heavy atom. The molecule has 1 saturated heterocycles. The summed E-state index contributed by atoms with van der Waals surface area (Å²) in [7, 11) is 0. The molecule has 0 bridgehead atoms. The molecule has 0 atom stereocenters. The van der Waals surface area contributed by atoms with Crippen molar-refractivity contribution < 1.29 is 41.0 Å². The van der Waals surface area contributed by atoms with Crippen molar-refractivity contribution in [3.05, 3.63) is 124 Å². The van der Waals surface area contributed by atoms with Crippen LogP contribution in [0.5, 0.6) is 5.75 Å². The molecule has 1 fully saturated rings. The number of aromatic nitrogens is 3. The SMILES string of the molecule is CC(C)OC(=O)C(C)(C)N1CCC(N(Cc2ccc(-c3ccc(OC(F)(F)F)cc3)cc2)C(=O)Cn2c(CCc3ccc(F)cc3F)nc(=O)c3cccnc32)CC1. The Morgan fingerprint density at radius 3 is 2.19 bits per heavy atom. The summed E-state index contributed by atoms with van der Waals surface area (Å²) in [4.78, 5) is 53.4. The van der Waals surface area contributed by atoms with Crippen LogP contribution >= 0.6 is 0 Å². The summed E-state index contributed by atoms with van der Waals surface area (Å²) < 4.78 is 77.4. The summed E-state index contributed by atoms with van der Waals surface area (Å²) in [5.74, 6) is -2.21. The third-order valence-electron chi connectivity index (χ3n) is 10.3. The molecular weight excluding hydrogens is 761 g/mol. The number of fused-ring (bicyclic) bond motifs is 1. The van der Waals surface area contributed by atoms with Crippen LogP contribution in [0, 0.1) is 11.6 Å². The van der Waals surface area contributed by atoms with E-state index in [9.17, 15) is 36.3 Å². The van der Waals surface area contributed by atoms with Gasteiger partial charge in [-0.2, -0.15) is 4.98 Å².